The lowest BCUT2D eigenvalue weighted by Gasteiger charge is -2.27. The van der Waals surface area contributed by atoms with E-state index in [9.17, 15) is 18.9 Å². The first kappa shape index (κ1) is 22.7. The van der Waals surface area contributed by atoms with Gasteiger partial charge in [0.25, 0.3) is 5.91 Å². The van der Waals surface area contributed by atoms with Crippen LogP contribution in [0.1, 0.15) is 34.5 Å². The van der Waals surface area contributed by atoms with E-state index in [1.807, 2.05) is 24.3 Å². The number of benzene rings is 1. The van der Waals surface area contributed by atoms with Gasteiger partial charge in [0.1, 0.15) is 16.5 Å². The smallest absolute Gasteiger partial charge is 0.274 e. The van der Waals surface area contributed by atoms with Crippen molar-refractivity contribution in [3.63, 3.8) is 0 Å². The van der Waals surface area contributed by atoms with Crippen LogP contribution in [0.2, 0.25) is 0 Å². The normalized spacial score (nSPS) is 15.9. The van der Waals surface area contributed by atoms with Crippen LogP contribution < -0.4 is 14.9 Å². The largest absolute Gasteiger partial charge is 0.504 e. The Balaban J connectivity index is 1.65. The van der Waals surface area contributed by atoms with Gasteiger partial charge in [-0.2, -0.15) is 0 Å². The first-order chi connectivity index (χ1) is 16.0. The average molecular weight is 468 g/mol. The van der Waals surface area contributed by atoms with Gasteiger partial charge in [0.05, 0.1) is 6.42 Å². The zero-order valence-electron chi connectivity index (χ0n) is 18.2. The van der Waals surface area contributed by atoms with E-state index in [0.717, 1.165) is 24.0 Å². The summed E-state index contributed by atoms with van der Waals surface area (Å²) in [6.07, 6.45) is 3.44. The molecule has 1 unspecified atom stereocenters. The van der Waals surface area contributed by atoms with Crippen molar-refractivity contribution >= 4 is 39.5 Å². The minimum atomic E-state index is -1.26. The second kappa shape index (κ2) is 9.95. The average Bonchev–Trinajstić information content (AvgIpc) is 2.84. The molecule has 0 spiro atoms. The highest BCUT2D eigenvalue weighted by molar-refractivity contribution is 7.86. The summed E-state index contributed by atoms with van der Waals surface area (Å²) in [5.41, 5.74) is 1.63. The number of fused-ring (bicyclic) bond motifs is 1. The standard InChI is InChI=1S/C23H25N5O4S/c1-24-18(29)13-15-7-2-3-8-16(15)14-26-23(31)20-21(30)19-17(9-6-10-25-19)22(27-20)28-11-4-5-12-33(28)32/h2-3,6-10,30H,4-5,11-14H2,1H3,(H,24,29)(H,26,31). The quantitative estimate of drug-likeness (QED) is 0.508. The van der Waals surface area contributed by atoms with Crippen molar-refractivity contribution in [1.29, 1.82) is 0 Å². The molecular weight excluding hydrogens is 442 g/mol. The van der Waals surface area contributed by atoms with Crippen LogP contribution in [0.3, 0.4) is 0 Å². The number of pyridine rings is 2. The Kier molecular flexibility index (Phi) is 6.83. The van der Waals surface area contributed by atoms with E-state index in [1.165, 1.54) is 6.20 Å². The predicted octanol–water partition coefficient (Wildman–Crippen LogP) is 1.82. The van der Waals surface area contributed by atoms with Gasteiger partial charge in [0, 0.05) is 37.5 Å². The molecule has 172 valence electrons. The Hall–Kier alpha value is -3.53. The summed E-state index contributed by atoms with van der Waals surface area (Å²) < 4.78 is 14.3. The van der Waals surface area contributed by atoms with Crippen LogP contribution in [-0.4, -0.2) is 50.4 Å². The van der Waals surface area contributed by atoms with Crippen LogP contribution in [0.25, 0.3) is 10.9 Å². The van der Waals surface area contributed by atoms with E-state index < -0.39 is 16.9 Å². The molecule has 1 fully saturated rings. The molecule has 2 aromatic heterocycles. The first-order valence-corrected chi connectivity index (χ1v) is 12.0. The van der Waals surface area contributed by atoms with Crippen molar-refractivity contribution in [2.75, 3.05) is 23.7 Å². The summed E-state index contributed by atoms with van der Waals surface area (Å²) in [6, 6.07) is 10.8. The van der Waals surface area contributed by atoms with Crippen molar-refractivity contribution < 1.29 is 18.9 Å². The maximum Gasteiger partial charge on any atom is 0.274 e. The van der Waals surface area contributed by atoms with Crippen LogP contribution in [0, 0.1) is 0 Å². The topological polar surface area (TPSA) is 125 Å². The van der Waals surface area contributed by atoms with Crippen molar-refractivity contribution in [3.8, 4) is 5.75 Å². The van der Waals surface area contributed by atoms with Crippen LogP contribution in [0.15, 0.2) is 42.6 Å². The Labute approximate surface area is 193 Å². The second-order valence-corrected chi connectivity index (χ2v) is 9.16. The van der Waals surface area contributed by atoms with E-state index in [4.69, 9.17) is 0 Å². The van der Waals surface area contributed by atoms with E-state index >= 15 is 0 Å². The number of carbonyl (C=O) groups excluding carboxylic acids is 2. The second-order valence-electron chi connectivity index (χ2n) is 7.67. The van der Waals surface area contributed by atoms with Gasteiger partial charge in [0.2, 0.25) is 5.91 Å². The molecule has 10 heteroatoms. The number of carbonyl (C=O) groups is 2. The molecule has 3 N–H and O–H groups in total. The minimum Gasteiger partial charge on any atom is -0.504 e. The molecule has 2 amide bonds. The van der Waals surface area contributed by atoms with Gasteiger partial charge in [-0.15, -0.1) is 0 Å². The van der Waals surface area contributed by atoms with Crippen LogP contribution in [0.5, 0.6) is 5.75 Å². The third kappa shape index (κ3) is 4.80. The third-order valence-corrected chi connectivity index (χ3v) is 7.01. The fourth-order valence-electron chi connectivity index (χ4n) is 3.77. The maximum atomic E-state index is 13.1. The number of rotatable bonds is 6. The van der Waals surface area contributed by atoms with Gasteiger partial charge in [0.15, 0.2) is 17.3 Å². The van der Waals surface area contributed by atoms with Crippen molar-refractivity contribution in [2.45, 2.75) is 25.8 Å². The molecular formula is C23H25N5O4S. The van der Waals surface area contributed by atoms with Gasteiger partial charge >= 0.3 is 0 Å². The zero-order chi connectivity index (χ0) is 23.4. The Morgan fingerprint density at radius 3 is 2.70 bits per heavy atom. The van der Waals surface area contributed by atoms with Gasteiger partial charge in [-0.25, -0.2) is 9.19 Å². The van der Waals surface area contributed by atoms with E-state index in [-0.39, 0.29) is 35.8 Å². The van der Waals surface area contributed by atoms with Gasteiger partial charge in [-0.1, -0.05) is 24.3 Å². The number of aromatic hydroxyl groups is 1. The van der Waals surface area contributed by atoms with E-state index in [0.29, 0.717) is 23.5 Å². The Bertz CT molecular complexity index is 1230. The molecule has 4 rings (SSSR count). The monoisotopic (exact) mass is 467 g/mol. The molecule has 1 atom stereocenters. The summed E-state index contributed by atoms with van der Waals surface area (Å²) in [6.45, 7) is 0.695. The molecule has 0 radical (unpaired) electrons. The van der Waals surface area contributed by atoms with Crippen LogP contribution >= 0.6 is 0 Å². The zero-order valence-corrected chi connectivity index (χ0v) is 19.0. The number of nitrogens with one attached hydrogen (secondary N) is 2. The number of nitrogens with zero attached hydrogens (tertiary/aromatic N) is 3. The molecule has 1 aliphatic heterocycles. The lowest BCUT2D eigenvalue weighted by Crippen LogP contribution is -2.34. The number of anilines is 1. The highest BCUT2D eigenvalue weighted by Crippen LogP contribution is 2.34. The van der Waals surface area contributed by atoms with Crippen molar-refractivity contribution in [2.24, 2.45) is 0 Å². The summed E-state index contributed by atoms with van der Waals surface area (Å²) in [4.78, 5) is 33.5. The third-order valence-electron chi connectivity index (χ3n) is 5.53. The summed E-state index contributed by atoms with van der Waals surface area (Å²) >= 11 is 0. The number of likely N-dealkylation sites (N-methyl/N-ethyl adjacent to an activating group) is 1. The van der Waals surface area contributed by atoms with Crippen LogP contribution in [-0.2, 0) is 28.7 Å². The molecule has 3 aromatic rings. The lowest BCUT2D eigenvalue weighted by molar-refractivity contribution is -0.119. The van der Waals surface area contributed by atoms with Crippen molar-refractivity contribution in [1.82, 2.24) is 20.6 Å². The predicted molar refractivity (Wildman–Crippen MR) is 126 cm³/mol. The molecule has 0 aliphatic carbocycles. The molecule has 1 aliphatic rings. The molecule has 3 heterocycles. The molecule has 9 nitrogen and oxygen atoms in total. The SMILES string of the molecule is CNC(=O)Cc1ccccc1CNC(=O)c1nc(N2CCCCS2=O)c2cccnc2c1O. The van der Waals surface area contributed by atoms with Crippen molar-refractivity contribution in [3.05, 3.63) is 59.4 Å². The van der Waals surface area contributed by atoms with Gasteiger partial charge < -0.3 is 15.7 Å². The van der Waals surface area contributed by atoms with E-state index in [1.54, 1.807) is 23.5 Å². The Morgan fingerprint density at radius 1 is 1.15 bits per heavy atom. The minimum absolute atomic E-state index is 0.132. The van der Waals surface area contributed by atoms with Crippen LogP contribution in [0.4, 0.5) is 5.82 Å². The molecule has 0 saturated carbocycles. The maximum absolute atomic E-state index is 13.1. The number of hydrogen-bond acceptors (Lipinski definition) is 6. The number of hydrogen-bond donors (Lipinski definition) is 3. The number of amides is 2. The fraction of sp³-hybridized carbons (Fsp3) is 0.304. The van der Waals surface area contributed by atoms with Gasteiger partial charge in [-0.3, -0.25) is 18.9 Å². The molecule has 33 heavy (non-hydrogen) atoms. The fourth-order valence-corrected chi connectivity index (χ4v) is 5.11. The van der Waals surface area contributed by atoms with Gasteiger partial charge in [-0.05, 0) is 36.1 Å². The highest BCUT2D eigenvalue weighted by Gasteiger charge is 2.26. The number of aromatic nitrogens is 2. The summed E-state index contributed by atoms with van der Waals surface area (Å²) in [5.74, 6) is -0.146. The molecule has 0 bridgehead atoms. The summed E-state index contributed by atoms with van der Waals surface area (Å²) in [7, 11) is 0.307. The Morgan fingerprint density at radius 2 is 1.94 bits per heavy atom. The lowest BCUT2D eigenvalue weighted by atomic mass is 10.0. The first-order valence-electron chi connectivity index (χ1n) is 10.7. The van der Waals surface area contributed by atoms with E-state index in [2.05, 4.69) is 20.6 Å². The summed E-state index contributed by atoms with van der Waals surface area (Å²) in [5, 5.41) is 16.7. The highest BCUT2D eigenvalue weighted by atomic mass is 32.2. The molecule has 1 saturated heterocycles. The molecule has 1 aromatic carbocycles.